The number of nitrogens with one attached hydrogen (secondary N) is 1. The van der Waals surface area contributed by atoms with Gasteiger partial charge in [-0.3, -0.25) is 9.78 Å². The molecule has 0 radical (unpaired) electrons. The van der Waals surface area contributed by atoms with Crippen LogP contribution in [0.2, 0.25) is 0 Å². The van der Waals surface area contributed by atoms with Crippen LogP contribution in [0.4, 0.5) is 5.69 Å². The zero-order chi connectivity index (χ0) is 14.5. The second kappa shape index (κ2) is 6.39. The fourth-order valence-corrected chi connectivity index (χ4v) is 2.67. The van der Waals surface area contributed by atoms with Crippen molar-refractivity contribution in [3.05, 3.63) is 60.4 Å². The fraction of sp³-hybridized carbons (Fsp3) is 0.294. The number of carbonyl (C=O) groups excluding carboxylic acids is 1. The molecule has 4 nitrogen and oxygen atoms in total. The standard InChI is InChI=1S/C17H19N3O/c21-17(11-14-5-2-1-3-6-14)20-10-8-16(13-20)19-15-7-4-9-18-12-15/h1-7,9,12,16,19H,8,10-11,13H2/t16-/m0/s1. The van der Waals surface area contributed by atoms with Crippen molar-refractivity contribution in [3.8, 4) is 0 Å². The lowest BCUT2D eigenvalue weighted by atomic mass is 10.1. The highest BCUT2D eigenvalue weighted by atomic mass is 16.2. The second-order valence-electron chi connectivity index (χ2n) is 5.37. The first-order valence-corrected chi connectivity index (χ1v) is 7.29. The first-order valence-electron chi connectivity index (χ1n) is 7.29. The molecule has 0 bridgehead atoms. The van der Waals surface area contributed by atoms with E-state index in [4.69, 9.17) is 0 Å². The van der Waals surface area contributed by atoms with Crippen molar-refractivity contribution in [1.82, 2.24) is 9.88 Å². The average molecular weight is 281 g/mol. The molecular weight excluding hydrogens is 262 g/mol. The number of amides is 1. The SMILES string of the molecule is O=C(Cc1ccccc1)N1CC[C@H](Nc2cccnc2)C1. The zero-order valence-corrected chi connectivity index (χ0v) is 11.9. The third-order valence-electron chi connectivity index (χ3n) is 3.77. The van der Waals surface area contributed by atoms with Gasteiger partial charge in [0.15, 0.2) is 0 Å². The van der Waals surface area contributed by atoms with Gasteiger partial charge in [0.1, 0.15) is 0 Å². The molecule has 21 heavy (non-hydrogen) atoms. The zero-order valence-electron chi connectivity index (χ0n) is 11.9. The Balaban J connectivity index is 1.53. The monoisotopic (exact) mass is 281 g/mol. The summed E-state index contributed by atoms with van der Waals surface area (Å²) in [5.41, 5.74) is 2.09. The Hall–Kier alpha value is -2.36. The van der Waals surface area contributed by atoms with E-state index in [9.17, 15) is 4.79 Å². The van der Waals surface area contributed by atoms with Crippen LogP contribution in [-0.2, 0) is 11.2 Å². The number of nitrogens with zero attached hydrogens (tertiary/aromatic N) is 2. The molecule has 0 spiro atoms. The number of pyridine rings is 1. The predicted octanol–water partition coefficient (Wildman–Crippen LogP) is 2.34. The number of benzene rings is 1. The smallest absolute Gasteiger partial charge is 0.227 e. The summed E-state index contributed by atoms with van der Waals surface area (Å²) in [6.45, 7) is 1.59. The van der Waals surface area contributed by atoms with E-state index in [0.717, 1.165) is 30.8 Å². The summed E-state index contributed by atoms with van der Waals surface area (Å²) < 4.78 is 0. The van der Waals surface area contributed by atoms with Gasteiger partial charge in [-0.05, 0) is 24.1 Å². The van der Waals surface area contributed by atoms with Gasteiger partial charge in [-0.1, -0.05) is 30.3 Å². The molecule has 1 aliphatic heterocycles. The molecule has 0 saturated carbocycles. The summed E-state index contributed by atoms with van der Waals surface area (Å²) in [5, 5.41) is 3.43. The Morgan fingerprint density at radius 3 is 2.86 bits per heavy atom. The van der Waals surface area contributed by atoms with Crippen molar-refractivity contribution < 1.29 is 4.79 Å². The Kier molecular flexibility index (Phi) is 4.15. The molecule has 1 aromatic heterocycles. The number of carbonyl (C=O) groups is 1. The first-order chi connectivity index (χ1) is 10.3. The summed E-state index contributed by atoms with van der Waals surface area (Å²) in [6.07, 6.45) is 5.04. The van der Waals surface area contributed by atoms with Gasteiger partial charge in [-0.25, -0.2) is 0 Å². The van der Waals surface area contributed by atoms with Crippen LogP contribution >= 0.6 is 0 Å². The lowest BCUT2D eigenvalue weighted by molar-refractivity contribution is -0.129. The number of aromatic nitrogens is 1. The Bertz CT molecular complexity index is 585. The summed E-state index contributed by atoms with van der Waals surface area (Å²) >= 11 is 0. The third kappa shape index (κ3) is 3.60. The van der Waals surface area contributed by atoms with Crippen LogP contribution < -0.4 is 5.32 Å². The van der Waals surface area contributed by atoms with Gasteiger partial charge in [-0.15, -0.1) is 0 Å². The van der Waals surface area contributed by atoms with Crippen molar-refractivity contribution in [2.75, 3.05) is 18.4 Å². The van der Waals surface area contributed by atoms with Gasteiger partial charge in [0.2, 0.25) is 5.91 Å². The number of rotatable bonds is 4. The topological polar surface area (TPSA) is 45.2 Å². The van der Waals surface area contributed by atoms with Crippen molar-refractivity contribution in [2.24, 2.45) is 0 Å². The van der Waals surface area contributed by atoms with E-state index in [2.05, 4.69) is 10.3 Å². The molecule has 1 amide bonds. The Labute approximate surface area is 124 Å². The van der Waals surface area contributed by atoms with E-state index < -0.39 is 0 Å². The molecule has 108 valence electrons. The highest BCUT2D eigenvalue weighted by Crippen LogP contribution is 2.16. The van der Waals surface area contributed by atoms with Crippen LogP contribution in [0, 0.1) is 0 Å². The average Bonchev–Trinajstić information content (AvgIpc) is 2.98. The molecule has 0 unspecified atom stereocenters. The van der Waals surface area contributed by atoms with Gasteiger partial charge < -0.3 is 10.2 Å². The molecule has 1 aliphatic rings. The minimum absolute atomic E-state index is 0.205. The molecule has 0 aliphatic carbocycles. The number of likely N-dealkylation sites (tertiary alicyclic amines) is 1. The van der Waals surface area contributed by atoms with E-state index in [0.29, 0.717) is 12.5 Å². The normalized spacial score (nSPS) is 17.7. The summed E-state index contributed by atoms with van der Waals surface area (Å²) in [5.74, 6) is 0.205. The van der Waals surface area contributed by atoms with Crippen LogP contribution in [0.1, 0.15) is 12.0 Å². The van der Waals surface area contributed by atoms with E-state index in [-0.39, 0.29) is 5.91 Å². The first kappa shape index (κ1) is 13.6. The maximum absolute atomic E-state index is 12.3. The van der Waals surface area contributed by atoms with Gasteiger partial charge in [0.05, 0.1) is 12.1 Å². The molecule has 2 aromatic rings. The summed E-state index contributed by atoms with van der Waals surface area (Å²) in [4.78, 5) is 18.3. The second-order valence-corrected chi connectivity index (χ2v) is 5.37. The lowest BCUT2D eigenvalue weighted by Gasteiger charge is -2.17. The molecule has 1 atom stereocenters. The van der Waals surface area contributed by atoms with Gasteiger partial charge in [0, 0.05) is 31.5 Å². The highest BCUT2D eigenvalue weighted by molar-refractivity contribution is 5.79. The third-order valence-corrected chi connectivity index (χ3v) is 3.77. The molecule has 3 rings (SSSR count). The minimum atomic E-state index is 0.205. The molecule has 1 fully saturated rings. The molecular formula is C17H19N3O. The van der Waals surface area contributed by atoms with Crippen LogP contribution in [0.5, 0.6) is 0 Å². The highest BCUT2D eigenvalue weighted by Gasteiger charge is 2.25. The van der Waals surface area contributed by atoms with E-state index in [1.165, 1.54) is 0 Å². The lowest BCUT2D eigenvalue weighted by Crippen LogP contribution is -2.32. The van der Waals surface area contributed by atoms with E-state index in [1.54, 1.807) is 6.20 Å². The predicted molar refractivity (Wildman–Crippen MR) is 83.0 cm³/mol. The maximum atomic E-state index is 12.3. The quantitative estimate of drug-likeness (QED) is 0.935. The largest absolute Gasteiger partial charge is 0.379 e. The van der Waals surface area contributed by atoms with Crippen molar-refractivity contribution in [2.45, 2.75) is 18.9 Å². The minimum Gasteiger partial charge on any atom is -0.379 e. The Morgan fingerprint density at radius 2 is 2.10 bits per heavy atom. The summed E-state index contributed by atoms with van der Waals surface area (Å²) in [7, 11) is 0. The van der Waals surface area contributed by atoms with Crippen LogP contribution in [0.25, 0.3) is 0 Å². The fourth-order valence-electron chi connectivity index (χ4n) is 2.67. The summed E-state index contributed by atoms with van der Waals surface area (Å²) in [6, 6.07) is 14.1. The van der Waals surface area contributed by atoms with Crippen molar-refractivity contribution in [3.63, 3.8) is 0 Å². The Morgan fingerprint density at radius 1 is 1.24 bits per heavy atom. The molecule has 4 heteroatoms. The van der Waals surface area contributed by atoms with Crippen molar-refractivity contribution in [1.29, 1.82) is 0 Å². The molecule has 1 aromatic carbocycles. The maximum Gasteiger partial charge on any atom is 0.227 e. The van der Waals surface area contributed by atoms with Crippen molar-refractivity contribution >= 4 is 11.6 Å². The van der Waals surface area contributed by atoms with E-state index >= 15 is 0 Å². The van der Waals surface area contributed by atoms with Crippen LogP contribution in [0.15, 0.2) is 54.9 Å². The number of hydrogen-bond acceptors (Lipinski definition) is 3. The molecule has 1 N–H and O–H groups in total. The molecule has 2 heterocycles. The van der Waals surface area contributed by atoms with Gasteiger partial charge in [-0.2, -0.15) is 0 Å². The van der Waals surface area contributed by atoms with Gasteiger partial charge in [0.25, 0.3) is 0 Å². The number of anilines is 1. The van der Waals surface area contributed by atoms with Crippen LogP contribution in [-0.4, -0.2) is 34.9 Å². The molecule has 1 saturated heterocycles. The van der Waals surface area contributed by atoms with Gasteiger partial charge >= 0.3 is 0 Å². The van der Waals surface area contributed by atoms with Crippen LogP contribution in [0.3, 0.4) is 0 Å². The van der Waals surface area contributed by atoms with E-state index in [1.807, 2.05) is 53.6 Å². The number of hydrogen-bond donors (Lipinski definition) is 1.